The zero-order chi connectivity index (χ0) is 8.48. The highest BCUT2D eigenvalue weighted by Gasteiger charge is 2.39. The smallest absolute Gasteiger partial charge is 0.163 e. The molecule has 0 N–H and O–H groups in total. The Balaban J connectivity index is 2.55. The second kappa shape index (κ2) is 3.48. The lowest BCUT2D eigenvalue weighted by atomic mass is 10.3. The van der Waals surface area contributed by atoms with Crippen LogP contribution in [0, 0.1) is 0 Å². The van der Waals surface area contributed by atoms with E-state index in [1.807, 2.05) is 13.8 Å². The molecule has 0 radical (unpaired) electrons. The Morgan fingerprint density at radius 1 is 1.09 bits per heavy atom. The molecule has 1 saturated heterocycles. The van der Waals surface area contributed by atoms with Gasteiger partial charge in [-0.3, -0.25) is 0 Å². The highest BCUT2D eigenvalue weighted by molar-refractivity contribution is 6.19. The van der Waals surface area contributed by atoms with E-state index in [2.05, 4.69) is 0 Å². The summed E-state index contributed by atoms with van der Waals surface area (Å²) in [6.07, 6.45) is -0.131. The van der Waals surface area contributed by atoms with E-state index in [0.717, 1.165) is 0 Å². The molecule has 0 aromatic carbocycles. The number of halogens is 2. The van der Waals surface area contributed by atoms with Gasteiger partial charge in [0, 0.05) is 0 Å². The summed E-state index contributed by atoms with van der Waals surface area (Å²) in [6.45, 7) is 3.72. The summed E-state index contributed by atoms with van der Waals surface area (Å²) in [6, 6.07) is 0. The minimum absolute atomic E-state index is 0.0656. The maximum Gasteiger partial charge on any atom is 0.163 e. The van der Waals surface area contributed by atoms with Crippen molar-refractivity contribution in [2.45, 2.75) is 31.8 Å². The lowest BCUT2D eigenvalue weighted by molar-refractivity contribution is -0.142. The van der Waals surface area contributed by atoms with Crippen LogP contribution in [0.1, 0.15) is 13.8 Å². The zero-order valence-corrected chi connectivity index (χ0v) is 8.15. The predicted molar refractivity (Wildman–Crippen MR) is 45.3 cm³/mol. The lowest BCUT2D eigenvalue weighted by Crippen LogP contribution is -2.25. The SMILES string of the molecule is CC1(C)OC(CCl)C(CCl)O1. The summed E-state index contributed by atoms with van der Waals surface area (Å²) in [4.78, 5) is 0. The van der Waals surface area contributed by atoms with Crippen LogP contribution in [-0.2, 0) is 9.47 Å². The van der Waals surface area contributed by atoms with Gasteiger partial charge in [-0.25, -0.2) is 0 Å². The molecule has 1 rings (SSSR count). The van der Waals surface area contributed by atoms with Crippen LogP contribution in [0.4, 0.5) is 0 Å². The highest BCUT2D eigenvalue weighted by Crippen LogP contribution is 2.29. The molecule has 0 aromatic heterocycles. The summed E-state index contributed by atoms with van der Waals surface area (Å²) in [5.41, 5.74) is 0. The molecule has 2 atom stereocenters. The molecule has 0 spiro atoms. The largest absolute Gasteiger partial charge is 0.343 e. The van der Waals surface area contributed by atoms with Gasteiger partial charge in [-0.2, -0.15) is 0 Å². The minimum atomic E-state index is -0.529. The second-order valence-electron chi connectivity index (χ2n) is 3.02. The Morgan fingerprint density at radius 2 is 1.45 bits per heavy atom. The van der Waals surface area contributed by atoms with E-state index in [1.165, 1.54) is 0 Å². The van der Waals surface area contributed by atoms with Crippen molar-refractivity contribution >= 4 is 23.2 Å². The van der Waals surface area contributed by atoms with Crippen molar-refractivity contribution < 1.29 is 9.47 Å². The molecule has 0 amide bonds. The van der Waals surface area contributed by atoms with Crippen LogP contribution in [-0.4, -0.2) is 29.8 Å². The number of rotatable bonds is 2. The fourth-order valence-corrected chi connectivity index (χ4v) is 1.69. The zero-order valence-electron chi connectivity index (χ0n) is 6.64. The Morgan fingerprint density at radius 3 is 1.73 bits per heavy atom. The molecular weight excluding hydrogens is 187 g/mol. The number of alkyl halides is 2. The first-order valence-electron chi connectivity index (χ1n) is 3.56. The standard InChI is InChI=1S/C7H12Cl2O2/c1-7(2)10-5(3-8)6(4-9)11-7/h5-6H,3-4H2,1-2H3. The van der Waals surface area contributed by atoms with E-state index >= 15 is 0 Å². The van der Waals surface area contributed by atoms with Crippen molar-refractivity contribution in [1.82, 2.24) is 0 Å². The van der Waals surface area contributed by atoms with E-state index in [4.69, 9.17) is 32.7 Å². The normalized spacial score (nSPS) is 36.0. The van der Waals surface area contributed by atoms with Crippen LogP contribution in [0.3, 0.4) is 0 Å². The van der Waals surface area contributed by atoms with Gasteiger partial charge < -0.3 is 9.47 Å². The molecule has 2 nitrogen and oxygen atoms in total. The Bertz CT molecular complexity index is 124. The Kier molecular flexibility index (Phi) is 3.03. The van der Waals surface area contributed by atoms with E-state index in [-0.39, 0.29) is 12.2 Å². The molecule has 1 aliphatic heterocycles. The molecule has 0 bridgehead atoms. The summed E-state index contributed by atoms with van der Waals surface area (Å²) in [5, 5.41) is 0. The first kappa shape index (κ1) is 9.59. The summed E-state index contributed by atoms with van der Waals surface area (Å²) < 4.78 is 10.9. The first-order valence-corrected chi connectivity index (χ1v) is 4.63. The van der Waals surface area contributed by atoms with Crippen LogP contribution >= 0.6 is 23.2 Å². The van der Waals surface area contributed by atoms with Crippen LogP contribution in [0.2, 0.25) is 0 Å². The molecule has 4 heteroatoms. The third-order valence-corrected chi connectivity index (χ3v) is 2.20. The molecule has 0 saturated carbocycles. The van der Waals surface area contributed by atoms with Crippen molar-refractivity contribution in [3.63, 3.8) is 0 Å². The van der Waals surface area contributed by atoms with Gasteiger partial charge in [0.15, 0.2) is 5.79 Å². The number of ether oxygens (including phenoxy) is 2. The molecule has 66 valence electrons. The van der Waals surface area contributed by atoms with Crippen LogP contribution in [0.25, 0.3) is 0 Å². The van der Waals surface area contributed by atoms with Crippen LogP contribution in [0.15, 0.2) is 0 Å². The van der Waals surface area contributed by atoms with Crippen molar-refractivity contribution in [2.24, 2.45) is 0 Å². The van der Waals surface area contributed by atoms with Crippen molar-refractivity contribution in [3.8, 4) is 0 Å². The first-order chi connectivity index (χ1) is 5.09. The summed E-state index contributed by atoms with van der Waals surface area (Å²) in [5.74, 6) is 0.334. The quantitative estimate of drug-likeness (QED) is 0.633. The maximum absolute atomic E-state index is 5.64. The van der Waals surface area contributed by atoms with E-state index in [9.17, 15) is 0 Å². The van der Waals surface area contributed by atoms with Gasteiger partial charge in [-0.15, -0.1) is 23.2 Å². The van der Waals surface area contributed by atoms with Crippen LogP contribution in [0.5, 0.6) is 0 Å². The molecule has 1 aliphatic rings. The van der Waals surface area contributed by atoms with Gasteiger partial charge in [-0.05, 0) is 13.8 Å². The highest BCUT2D eigenvalue weighted by atomic mass is 35.5. The summed E-state index contributed by atoms with van der Waals surface area (Å²) in [7, 11) is 0. The average molecular weight is 199 g/mol. The topological polar surface area (TPSA) is 18.5 Å². The molecule has 11 heavy (non-hydrogen) atoms. The van der Waals surface area contributed by atoms with Crippen molar-refractivity contribution in [2.75, 3.05) is 11.8 Å². The number of hydrogen-bond donors (Lipinski definition) is 0. The van der Waals surface area contributed by atoms with Gasteiger partial charge in [0.25, 0.3) is 0 Å². The second-order valence-corrected chi connectivity index (χ2v) is 3.64. The third-order valence-electron chi connectivity index (χ3n) is 1.59. The lowest BCUT2D eigenvalue weighted by Gasteiger charge is -2.16. The van der Waals surface area contributed by atoms with Gasteiger partial charge >= 0.3 is 0 Å². The molecule has 0 aromatic rings. The molecular formula is C7H12Cl2O2. The predicted octanol–water partition coefficient (Wildman–Crippen LogP) is 1.98. The van der Waals surface area contributed by atoms with Gasteiger partial charge in [0.1, 0.15) is 12.2 Å². The Labute approximate surface area is 76.8 Å². The molecule has 1 heterocycles. The number of hydrogen-bond acceptors (Lipinski definition) is 2. The van der Waals surface area contributed by atoms with E-state index in [0.29, 0.717) is 11.8 Å². The molecule has 1 fully saturated rings. The Hall–Kier alpha value is 0.500. The monoisotopic (exact) mass is 198 g/mol. The van der Waals surface area contributed by atoms with Crippen molar-refractivity contribution in [3.05, 3.63) is 0 Å². The van der Waals surface area contributed by atoms with Gasteiger partial charge in [-0.1, -0.05) is 0 Å². The fraction of sp³-hybridized carbons (Fsp3) is 1.00. The van der Waals surface area contributed by atoms with Gasteiger partial charge in [0.2, 0.25) is 0 Å². The average Bonchev–Trinajstić information content (AvgIpc) is 2.25. The van der Waals surface area contributed by atoms with Crippen molar-refractivity contribution in [1.29, 1.82) is 0 Å². The molecule has 2 unspecified atom stereocenters. The maximum atomic E-state index is 5.64. The van der Waals surface area contributed by atoms with Gasteiger partial charge in [0.05, 0.1) is 11.8 Å². The van der Waals surface area contributed by atoms with E-state index in [1.54, 1.807) is 0 Å². The third kappa shape index (κ3) is 2.22. The minimum Gasteiger partial charge on any atom is -0.343 e. The molecule has 0 aliphatic carbocycles. The van der Waals surface area contributed by atoms with Crippen LogP contribution < -0.4 is 0 Å². The fourth-order valence-electron chi connectivity index (χ4n) is 1.17. The summed E-state index contributed by atoms with van der Waals surface area (Å²) >= 11 is 11.3. The van der Waals surface area contributed by atoms with E-state index < -0.39 is 5.79 Å².